The lowest BCUT2D eigenvalue weighted by molar-refractivity contribution is -0.221. The van der Waals surface area contributed by atoms with Crippen molar-refractivity contribution in [3.05, 3.63) is 35.9 Å². The third-order valence-corrected chi connectivity index (χ3v) is 4.71. The second-order valence-corrected chi connectivity index (χ2v) is 7.08. The molecule has 1 aromatic rings. The fourth-order valence-electron chi connectivity index (χ4n) is 2.32. The molecule has 2 rings (SSSR count). The van der Waals surface area contributed by atoms with E-state index in [9.17, 15) is 30.8 Å². The van der Waals surface area contributed by atoms with Gasteiger partial charge in [0.2, 0.25) is 0 Å². The van der Waals surface area contributed by atoms with Crippen molar-refractivity contribution in [2.45, 2.75) is 36.6 Å². The van der Waals surface area contributed by atoms with Gasteiger partial charge in [0.25, 0.3) is 0 Å². The van der Waals surface area contributed by atoms with Crippen LogP contribution in [0.3, 0.4) is 0 Å². The van der Waals surface area contributed by atoms with Crippen molar-refractivity contribution in [3.63, 3.8) is 0 Å². The number of carbonyl (C=O) groups is 1. The molecule has 1 saturated heterocycles. The van der Waals surface area contributed by atoms with Gasteiger partial charge in [-0.05, 0) is 12.1 Å². The van der Waals surface area contributed by atoms with Gasteiger partial charge < -0.3 is 14.2 Å². The molecule has 0 N–H and O–H groups in total. The zero-order valence-electron chi connectivity index (χ0n) is 13.9. The van der Waals surface area contributed by atoms with Crippen LogP contribution in [0, 0.1) is 0 Å². The van der Waals surface area contributed by atoms with Gasteiger partial charge in [0, 0.05) is 13.5 Å². The van der Waals surface area contributed by atoms with Crippen LogP contribution in [-0.2, 0) is 28.5 Å². The lowest BCUT2D eigenvalue weighted by Crippen LogP contribution is -2.50. The molecule has 0 spiro atoms. The smallest absolute Gasteiger partial charge is 0.459 e. The van der Waals surface area contributed by atoms with E-state index in [-0.39, 0.29) is 5.56 Å². The van der Waals surface area contributed by atoms with Gasteiger partial charge in [-0.2, -0.15) is 21.6 Å². The zero-order chi connectivity index (χ0) is 20.2. The molecule has 0 bridgehead atoms. The molecular weight excluding hydrogens is 400 g/mol. The molecule has 0 amide bonds. The Morgan fingerprint density at radius 1 is 1.26 bits per heavy atom. The van der Waals surface area contributed by atoms with E-state index < -0.39 is 59.3 Å². The number of alkyl halides is 4. The van der Waals surface area contributed by atoms with Crippen LogP contribution in [0.5, 0.6) is 0 Å². The maximum absolute atomic E-state index is 14.3. The van der Waals surface area contributed by atoms with Crippen molar-refractivity contribution in [3.8, 4) is 0 Å². The molecule has 1 fully saturated rings. The van der Waals surface area contributed by atoms with Crippen LogP contribution in [0.1, 0.15) is 16.8 Å². The maximum atomic E-state index is 14.3. The second-order valence-electron chi connectivity index (χ2n) is 5.52. The number of halogens is 4. The number of hydrogen-bond acceptors (Lipinski definition) is 7. The molecule has 1 heterocycles. The van der Waals surface area contributed by atoms with Gasteiger partial charge in [-0.25, -0.2) is 13.4 Å². The fourth-order valence-corrected chi connectivity index (χ4v) is 2.83. The molecule has 1 aliphatic heterocycles. The predicted molar refractivity (Wildman–Crippen MR) is 81.8 cm³/mol. The van der Waals surface area contributed by atoms with E-state index in [4.69, 9.17) is 14.2 Å². The summed E-state index contributed by atoms with van der Waals surface area (Å²) in [5.41, 5.74) is -5.50. The Morgan fingerprint density at radius 2 is 1.89 bits per heavy atom. The summed E-state index contributed by atoms with van der Waals surface area (Å²) in [5, 5.41) is 0. The monoisotopic (exact) mass is 416 g/mol. The third-order valence-electron chi connectivity index (χ3n) is 3.67. The molecule has 0 radical (unpaired) electrons. The first-order valence-corrected chi connectivity index (χ1v) is 9.00. The van der Waals surface area contributed by atoms with E-state index in [1.807, 2.05) is 0 Å². The normalized spacial score (nSPS) is 26.6. The molecule has 12 heteroatoms. The van der Waals surface area contributed by atoms with Gasteiger partial charge in [0.15, 0.2) is 12.5 Å². The summed E-state index contributed by atoms with van der Waals surface area (Å²) in [6.45, 7) is -0.680. The summed E-state index contributed by atoms with van der Waals surface area (Å²) in [4.78, 5) is 11.9. The minimum atomic E-state index is -5.95. The molecule has 1 aromatic carbocycles. The van der Waals surface area contributed by atoms with Crippen molar-refractivity contribution < 1.29 is 49.2 Å². The van der Waals surface area contributed by atoms with Crippen LogP contribution < -0.4 is 0 Å². The van der Waals surface area contributed by atoms with Crippen LogP contribution in [0.4, 0.5) is 17.6 Å². The minimum Gasteiger partial charge on any atom is -0.459 e. The summed E-state index contributed by atoms with van der Waals surface area (Å²) >= 11 is 0. The van der Waals surface area contributed by atoms with Crippen molar-refractivity contribution in [2.75, 3.05) is 13.7 Å². The van der Waals surface area contributed by atoms with E-state index in [2.05, 4.69) is 4.18 Å². The molecule has 152 valence electrons. The Morgan fingerprint density at radius 3 is 2.44 bits per heavy atom. The molecule has 4 atom stereocenters. The number of carbonyl (C=O) groups excluding carboxylic acids is 1. The zero-order valence-corrected chi connectivity index (χ0v) is 14.7. The van der Waals surface area contributed by atoms with Gasteiger partial charge in [0.1, 0.15) is 12.7 Å². The minimum absolute atomic E-state index is 0.166. The second kappa shape index (κ2) is 8.50. The van der Waals surface area contributed by atoms with Crippen molar-refractivity contribution >= 4 is 16.1 Å². The SMILES string of the molecule is COC1C[C@@H](OS(=O)(=O)C(F)(F)F)OC(COC(=O)c2ccccc2)[C@H]1F. The fraction of sp³-hybridized carbons (Fsp3) is 0.533. The molecule has 7 nitrogen and oxygen atoms in total. The van der Waals surface area contributed by atoms with E-state index >= 15 is 0 Å². The van der Waals surface area contributed by atoms with E-state index in [1.54, 1.807) is 18.2 Å². The number of esters is 1. The van der Waals surface area contributed by atoms with Gasteiger partial charge in [-0.3, -0.25) is 0 Å². The molecule has 0 aromatic heterocycles. The summed E-state index contributed by atoms with van der Waals surface area (Å²) in [7, 11) is -4.87. The largest absolute Gasteiger partial charge is 0.523 e. The molecule has 0 saturated carbocycles. The lowest BCUT2D eigenvalue weighted by Gasteiger charge is -2.36. The average molecular weight is 416 g/mol. The standard InChI is InChI=1S/C15H16F4O7S/c1-23-10-7-12(26-27(21,22)15(17,18)19)25-11(13(10)16)8-24-14(20)9-5-3-2-4-6-9/h2-6,10-13H,7-8H2,1H3/t10?,11?,12-,13+/m1/s1. The third kappa shape index (κ3) is 5.37. The average Bonchev–Trinajstić information content (AvgIpc) is 2.61. The number of rotatable bonds is 6. The first kappa shape index (κ1) is 21.5. The first-order valence-electron chi connectivity index (χ1n) is 7.59. The molecule has 27 heavy (non-hydrogen) atoms. The van der Waals surface area contributed by atoms with E-state index in [0.29, 0.717) is 0 Å². The summed E-state index contributed by atoms with van der Waals surface area (Å²) < 4.78 is 92.5. The molecular formula is C15H16F4O7S. The van der Waals surface area contributed by atoms with E-state index in [1.165, 1.54) is 12.1 Å². The van der Waals surface area contributed by atoms with Gasteiger partial charge in [0.05, 0.1) is 11.7 Å². The predicted octanol–water partition coefficient (Wildman–Crippen LogP) is 2.18. The highest BCUT2D eigenvalue weighted by molar-refractivity contribution is 7.87. The Balaban J connectivity index is 2.05. The molecule has 2 unspecified atom stereocenters. The number of hydrogen-bond donors (Lipinski definition) is 0. The van der Waals surface area contributed by atoms with Gasteiger partial charge >= 0.3 is 21.6 Å². The highest BCUT2D eigenvalue weighted by Gasteiger charge is 2.51. The Hall–Kier alpha value is -1.76. The molecule has 0 aliphatic carbocycles. The number of benzene rings is 1. The van der Waals surface area contributed by atoms with E-state index in [0.717, 1.165) is 7.11 Å². The van der Waals surface area contributed by atoms with Crippen LogP contribution in [0.25, 0.3) is 0 Å². The Labute approximate surface area is 152 Å². The quantitative estimate of drug-likeness (QED) is 0.304. The number of ether oxygens (including phenoxy) is 3. The first-order chi connectivity index (χ1) is 12.5. The van der Waals surface area contributed by atoms with Crippen molar-refractivity contribution in [1.29, 1.82) is 0 Å². The van der Waals surface area contributed by atoms with Crippen LogP contribution >= 0.6 is 0 Å². The highest BCUT2D eigenvalue weighted by atomic mass is 32.2. The van der Waals surface area contributed by atoms with Gasteiger partial charge in [-0.1, -0.05) is 18.2 Å². The van der Waals surface area contributed by atoms with Crippen LogP contribution in [0.2, 0.25) is 0 Å². The number of methoxy groups -OCH3 is 1. The van der Waals surface area contributed by atoms with Crippen LogP contribution in [-0.4, -0.2) is 58.3 Å². The Bertz CT molecular complexity index is 738. The van der Waals surface area contributed by atoms with Crippen molar-refractivity contribution in [1.82, 2.24) is 0 Å². The lowest BCUT2D eigenvalue weighted by atomic mass is 10.0. The highest BCUT2D eigenvalue weighted by Crippen LogP contribution is 2.31. The van der Waals surface area contributed by atoms with Crippen LogP contribution in [0.15, 0.2) is 30.3 Å². The summed E-state index contributed by atoms with van der Waals surface area (Å²) in [6.07, 6.45) is -7.32. The van der Waals surface area contributed by atoms with Crippen molar-refractivity contribution in [2.24, 2.45) is 0 Å². The van der Waals surface area contributed by atoms with Gasteiger partial charge in [-0.15, -0.1) is 0 Å². The Kier molecular flexibility index (Phi) is 6.78. The summed E-state index contributed by atoms with van der Waals surface area (Å²) in [6, 6.07) is 7.68. The summed E-state index contributed by atoms with van der Waals surface area (Å²) in [5.74, 6) is -0.814. The topological polar surface area (TPSA) is 88.1 Å². The molecule has 1 aliphatic rings. The maximum Gasteiger partial charge on any atom is 0.523 e.